The first-order valence-electron chi connectivity index (χ1n) is 16.0. The maximum atomic E-state index is 13.2. The van der Waals surface area contributed by atoms with Gasteiger partial charge in [0.2, 0.25) is 0 Å². The van der Waals surface area contributed by atoms with E-state index in [9.17, 15) is 34.8 Å². The van der Waals surface area contributed by atoms with Crippen LogP contribution in [0, 0.1) is 0 Å². The number of carbonyl (C=O) groups excluding carboxylic acids is 3. The number of aliphatic hydroxyl groups is 5. The highest BCUT2D eigenvalue weighted by atomic mass is 16.7. The molecule has 2 saturated heterocycles. The van der Waals surface area contributed by atoms with E-state index in [1.165, 1.54) is 36.9 Å². The Bertz CT molecular complexity index is 1190. The zero-order valence-corrected chi connectivity index (χ0v) is 28.4. The molecule has 2 fully saturated rings. The fraction of sp³-hybridized carbons (Fsp3) is 0.828. The third-order valence-electron chi connectivity index (χ3n) is 8.03. The number of methoxy groups -OCH3 is 2. The maximum absolute atomic E-state index is 13.2. The molecule has 21 nitrogen and oxygen atoms in total. The average molecular weight is 724 g/mol. The molecule has 3 rings (SSSR count). The zero-order valence-electron chi connectivity index (χ0n) is 28.4. The number of aliphatic hydroxyl groups excluding tert-OH is 5. The molecule has 286 valence electrons. The Hall–Kier alpha value is -2.77. The number of rotatable bonds is 21. The van der Waals surface area contributed by atoms with E-state index in [2.05, 4.69) is 15.6 Å². The third-order valence-corrected chi connectivity index (χ3v) is 8.03. The molecule has 0 bridgehead atoms. The van der Waals surface area contributed by atoms with E-state index in [-0.39, 0.29) is 65.0 Å². The number of amides is 2. The van der Waals surface area contributed by atoms with E-state index in [4.69, 9.17) is 43.0 Å². The lowest BCUT2D eigenvalue weighted by molar-refractivity contribution is -0.305. The summed E-state index contributed by atoms with van der Waals surface area (Å²) in [6.45, 7) is 2.90. The van der Waals surface area contributed by atoms with Gasteiger partial charge in [0.1, 0.15) is 49.1 Å². The van der Waals surface area contributed by atoms with Crippen molar-refractivity contribution in [3.63, 3.8) is 0 Å². The van der Waals surface area contributed by atoms with Gasteiger partial charge in [0.15, 0.2) is 30.6 Å². The molecule has 1 aromatic rings. The summed E-state index contributed by atoms with van der Waals surface area (Å²) in [6, 6.07) is 0. The van der Waals surface area contributed by atoms with Crippen molar-refractivity contribution in [2.24, 2.45) is 0 Å². The molecular formula is C29H49N5O16. The van der Waals surface area contributed by atoms with Gasteiger partial charge in [0, 0.05) is 40.8 Å². The molecule has 2 aliphatic heterocycles. The Morgan fingerprint density at radius 1 is 0.880 bits per heavy atom. The standard InChI is InChI=1S/C29H49N5O16/c1-5-33(7-10-46-15-35)27(42)25-22(43-3)18(37)21(40)29(50-25)48-13-12-47-23-19(38)20(39)28(44-4)49-24(23)26(41)30-6-9-45-11-8-34-17(16(2)36)14-31-32-34/h14,18-25,28-29,35,37-40H,5-13,15H2,1-4H3,(H,30,41)/t18-,19-,20+,21+,22+,23+,24?,25?,28-,29-/m1/s1. The second kappa shape index (κ2) is 20.9. The molecule has 10 atom stereocenters. The van der Waals surface area contributed by atoms with Crippen LogP contribution in [-0.2, 0) is 54.0 Å². The minimum absolute atomic E-state index is 0.0350. The van der Waals surface area contributed by atoms with Crippen molar-refractivity contribution in [3.05, 3.63) is 11.9 Å². The number of hydrogen-bond donors (Lipinski definition) is 6. The summed E-state index contributed by atoms with van der Waals surface area (Å²) in [5.74, 6) is -1.47. The summed E-state index contributed by atoms with van der Waals surface area (Å²) in [6.07, 6.45) is -13.3. The average Bonchev–Trinajstić information content (AvgIpc) is 3.58. The van der Waals surface area contributed by atoms with Crippen LogP contribution in [0.1, 0.15) is 24.3 Å². The molecule has 2 aliphatic rings. The van der Waals surface area contributed by atoms with Crippen LogP contribution in [0.5, 0.6) is 0 Å². The lowest BCUT2D eigenvalue weighted by atomic mass is 9.97. The minimum Gasteiger partial charge on any atom is -0.387 e. The second-order valence-corrected chi connectivity index (χ2v) is 11.2. The quantitative estimate of drug-likeness (QED) is 0.0395. The molecule has 0 saturated carbocycles. The minimum atomic E-state index is -1.63. The highest BCUT2D eigenvalue weighted by Gasteiger charge is 2.50. The second-order valence-electron chi connectivity index (χ2n) is 11.2. The number of carbonyl (C=O) groups is 3. The Morgan fingerprint density at radius 3 is 2.22 bits per heavy atom. The Morgan fingerprint density at radius 2 is 1.56 bits per heavy atom. The van der Waals surface area contributed by atoms with Gasteiger partial charge in [-0.2, -0.15) is 0 Å². The van der Waals surface area contributed by atoms with E-state index in [0.29, 0.717) is 5.69 Å². The van der Waals surface area contributed by atoms with Gasteiger partial charge in [0.05, 0.1) is 45.8 Å². The van der Waals surface area contributed by atoms with Crippen LogP contribution in [0.25, 0.3) is 0 Å². The SMILES string of the molecule is CCN(CCOCO)C(=O)C1O[C@@H](OCCO[C@@H]2C(C(=O)NCCOCCn3nncc3C(C)=O)O[C@@H](OC)[C@@H](O)[C@H]2O)[C@@H](O)[C@@H](O)[C@@H]1OC. The van der Waals surface area contributed by atoms with Gasteiger partial charge in [-0.25, -0.2) is 4.68 Å². The molecule has 50 heavy (non-hydrogen) atoms. The van der Waals surface area contributed by atoms with Crippen LogP contribution in [-0.4, -0.2) is 198 Å². The molecule has 0 spiro atoms. The summed E-state index contributed by atoms with van der Waals surface area (Å²) in [4.78, 5) is 39.3. The van der Waals surface area contributed by atoms with Gasteiger partial charge >= 0.3 is 0 Å². The number of Topliss-reactive ketones (excluding diaryl/α,β-unsaturated/α-hetero) is 1. The van der Waals surface area contributed by atoms with Crippen molar-refractivity contribution in [3.8, 4) is 0 Å². The number of nitrogens with one attached hydrogen (secondary N) is 1. The van der Waals surface area contributed by atoms with Gasteiger partial charge in [-0.3, -0.25) is 14.4 Å². The number of ether oxygens (including phenoxy) is 8. The van der Waals surface area contributed by atoms with Crippen molar-refractivity contribution < 1.29 is 77.8 Å². The molecule has 2 amide bonds. The molecule has 0 radical (unpaired) electrons. The van der Waals surface area contributed by atoms with Crippen LogP contribution in [0.4, 0.5) is 0 Å². The van der Waals surface area contributed by atoms with Crippen molar-refractivity contribution in [1.29, 1.82) is 0 Å². The first-order chi connectivity index (χ1) is 24.0. The molecule has 3 heterocycles. The highest BCUT2D eigenvalue weighted by molar-refractivity contribution is 5.91. The molecule has 21 heteroatoms. The summed E-state index contributed by atoms with van der Waals surface area (Å²) in [7, 11) is 2.47. The lowest BCUT2D eigenvalue weighted by Gasteiger charge is -2.42. The van der Waals surface area contributed by atoms with Crippen molar-refractivity contribution >= 4 is 17.6 Å². The number of nitrogens with zero attached hydrogens (tertiary/aromatic N) is 4. The van der Waals surface area contributed by atoms with E-state index in [1.54, 1.807) is 6.92 Å². The molecule has 0 aliphatic carbocycles. The molecule has 0 aromatic carbocycles. The first kappa shape index (κ1) is 41.6. The number of likely N-dealkylation sites (N-methyl/N-ethyl adjacent to an activating group) is 1. The number of aromatic nitrogens is 3. The first-order valence-corrected chi connectivity index (χ1v) is 16.0. The van der Waals surface area contributed by atoms with Gasteiger partial charge in [-0.15, -0.1) is 5.10 Å². The largest absolute Gasteiger partial charge is 0.387 e. The van der Waals surface area contributed by atoms with Crippen LogP contribution in [0.2, 0.25) is 0 Å². The lowest BCUT2D eigenvalue weighted by Crippen LogP contribution is -2.63. The fourth-order valence-electron chi connectivity index (χ4n) is 5.35. The van der Waals surface area contributed by atoms with E-state index >= 15 is 0 Å². The van der Waals surface area contributed by atoms with Gasteiger partial charge in [-0.1, -0.05) is 5.21 Å². The van der Waals surface area contributed by atoms with E-state index < -0.39 is 80.0 Å². The Labute approximate surface area is 288 Å². The summed E-state index contributed by atoms with van der Waals surface area (Å²) >= 11 is 0. The number of hydrogen-bond acceptors (Lipinski definition) is 18. The van der Waals surface area contributed by atoms with Crippen molar-refractivity contribution in [2.75, 3.05) is 73.7 Å². The normalized spacial score (nSPS) is 29.9. The summed E-state index contributed by atoms with van der Waals surface area (Å²) in [5, 5.41) is 61.6. The van der Waals surface area contributed by atoms with Gasteiger partial charge in [-0.05, 0) is 6.92 Å². The van der Waals surface area contributed by atoms with Crippen LogP contribution >= 0.6 is 0 Å². The maximum Gasteiger partial charge on any atom is 0.254 e. The third kappa shape index (κ3) is 10.9. The Kier molecular flexibility index (Phi) is 17.4. The van der Waals surface area contributed by atoms with Crippen LogP contribution in [0.15, 0.2) is 6.20 Å². The van der Waals surface area contributed by atoms with Gasteiger partial charge < -0.3 is 73.6 Å². The molecular weight excluding hydrogens is 674 g/mol. The molecule has 2 unspecified atom stereocenters. The monoisotopic (exact) mass is 723 g/mol. The topological polar surface area (TPSA) is 272 Å². The van der Waals surface area contributed by atoms with Crippen LogP contribution in [0.3, 0.4) is 0 Å². The van der Waals surface area contributed by atoms with Crippen LogP contribution < -0.4 is 5.32 Å². The zero-order chi connectivity index (χ0) is 36.8. The van der Waals surface area contributed by atoms with E-state index in [0.717, 1.165) is 0 Å². The smallest absolute Gasteiger partial charge is 0.254 e. The van der Waals surface area contributed by atoms with Crippen molar-refractivity contribution in [1.82, 2.24) is 25.2 Å². The highest BCUT2D eigenvalue weighted by Crippen LogP contribution is 2.27. The summed E-state index contributed by atoms with van der Waals surface area (Å²) < 4.78 is 44.7. The Balaban J connectivity index is 1.54. The molecule has 1 aromatic heterocycles. The molecule has 6 N–H and O–H groups in total. The van der Waals surface area contributed by atoms with E-state index in [1.807, 2.05) is 0 Å². The summed E-state index contributed by atoms with van der Waals surface area (Å²) in [5.41, 5.74) is 0.334. The predicted molar refractivity (Wildman–Crippen MR) is 164 cm³/mol. The van der Waals surface area contributed by atoms with Gasteiger partial charge in [0.25, 0.3) is 11.8 Å². The number of ketones is 1. The van der Waals surface area contributed by atoms with Crippen molar-refractivity contribution in [2.45, 2.75) is 81.8 Å². The predicted octanol–water partition coefficient (Wildman–Crippen LogP) is -4.61. The fourth-order valence-corrected chi connectivity index (χ4v) is 5.35.